The van der Waals surface area contributed by atoms with Gasteiger partial charge >= 0.3 is 5.97 Å². The minimum Gasteiger partial charge on any atom is -0.458 e. The summed E-state index contributed by atoms with van der Waals surface area (Å²) in [4.78, 5) is 12.0. The number of benzene rings is 1. The van der Waals surface area contributed by atoms with Crippen molar-refractivity contribution in [2.45, 2.75) is 45.1 Å². The topological polar surface area (TPSA) is 52.3 Å². The van der Waals surface area contributed by atoms with Crippen LogP contribution >= 0.6 is 0 Å². The molecular formula is C15H20FNO2. The van der Waals surface area contributed by atoms with Crippen molar-refractivity contribution in [1.82, 2.24) is 0 Å². The molecule has 0 radical (unpaired) electrons. The minimum absolute atomic E-state index is 0.0690. The molecule has 19 heavy (non-hydrogen) atoms. The SMILES string of the molecule is CCC1CCCCC1OC(=O)c1cc(N)ccc1F. The van der Waals surface area contributed by atoms with Crippen LogP contribution in [0.1, 0.15) is 49.4 Å². The Morgan fingerprint density at radius 3 is 2.89 bits per heavy atom. The molecule has 2 unspecified atom stereocenters. The zero-order valence-corrected chi connectivity index (χ0v) is 11.2. The highest BCUT2D eigenvalue weighted by atomic mass is 19.1. The first-order valence-corrected chi connectivity index (χ1v) is 6.87. The number of carbonyl (C=O) groups is 1. The first-order valence-electron chi connectivity index (χ1n) is 6.87. The Hall–Kier alpha value is -1.58. The molecule has 1 fully saturated rings. The highest BCUT2D eigenvalue weighted by Gasteiger charge is 2.28. The van der Waals surface area contributed by atoms with Crippen molar-refractivity contribution in [2.75, 3.05) is 5.73 Å². The van der Waals surface area contributed by atoms with E-state index in [-0.39, 0.29) is 11.7 Å². The van der Waals surface area contributed by atoms with Gasteiger partial charge in [0.1, 0.15) is 11.9 Å². The van der Waals surface area contributed by atoms with Crippen molar-refractivity contribution in [2.24, 2.45) is 5.92 Å². The van der Waals surface area contributed by atoms with Crippen molar-refractivity contribution in [1.29, 1.82) is 0 Å². The largest absolute Gasteiger partial charge is 0.458 e. The lowest BCUT2D eigenvalue weighted by Crippen LogP contribution is -2.30. The molecule has 2 atom stereocenters. The first-order chi connectivity index (χ1) is 9.11. The van der Waals surface area contributed by atoms with E-state index in [0.29, 0.717) is 11.6 Å². The van der Waals surface area contributed by atoms with E-state index in [1.807, 2.05) is 0 Å². The third kappa shape index (κ3) is 3.25. The number of hydrogen-bond acceptors (Lipinski definition) is 3. The Labute approximate surface area is 112 Å². The van der Waals surface area contributed by atoms with E-state index in [1.165, 1.54) is 24.6 Å². The molecule has 2 rings (SSSR count). The number of ether oxygens (including phenoxy) is 1. The standard InChI is InChI=1S/C15H20FNO2/c1-2-10-5-3-4-6-14(10)19-15(18)12-9-11(17)7-8-13(12)16/h7-10,14H,2-6,17H2,1H3. The molecule has 1 saturated carbocycles. The van der Waals surface area contributed by atoms with Crippen LogP contribution in [-0.4, -0.2) is 12.1 Å². The molecule has 0 amide bonds. The Morgan fingerprint density at radius 1 is 1.42 bits per heavy atom. The van der Waals surface area contributed by atoms with Gasteiger partial charge in [-0.2, -0.15) is 0 Å². The third-order valence-corrected chi connectivity index (χ3v) is 3.83. The maximum Gasteiger partial charge on any atom is 0.341 e. The molecule has 0 aromatic heterocycles. The summed E-state index contributed by atoms with van der Waals surface area (Å²) in [6, 6.07) is 3.97. The molecule has 2 N–H and O–H groups in total. The lowest BCUT2D eigenvalue weighted by Gasteiger charge is -2.30. The second-order valence-corrected chi connectivity index (χ2v) is 5.14. The maximum absolute atomic E-state index is 13.6. The normalized spacial score (nSPS) is 23.1. The molecule has 104 valence electrons. The number of anilines is 1. The van der Waals surface area contributed by atoms with Gasteiger partial charge in [0.25, 0.3) is 0 Å². The fourth-order valence-corrected chi connectivity index (χ4v) is 2.70. The van der Waals surface area contributed by atoms with Crippen LogP contribution in [0.4, 0.5) is 10.1 Å². The van der Waals surface area contributed by atoms with E-state index in [0.717, 1.165) is 25.7 Å². The summed E-state index contributed by atoms with van der Waals surface area (Å²) in [5, 5.41) is 0. The predicted molar refractivity (Wildman–Crippen MR) is 72.3 cm³/mol. The molecule has 1 aromatic carbocycles. The third-order valence-electron chi connectivity index (χ3n) is 3.83. The molecular weight excluding hydrogens is 245 g/mol. The van der Waals surface area contributed by atoms with E-state index in [1.54, 1.807) is 0 Å². The second-order valence-electron chi connectivity index (χ2n) is 5.14. The number of nitrogen functional groups attached to an aromatic ring is 1. The fourth-order valence-electron chi connectivity index (χ4n) is 2.70. The van der Waals surface area contributed by atoms with E-state index in [4.69, 9.17) is 10.5 Å². The molecule has 1 aliphatic rings. The van der Waals surface area contributed by atoms with Gasteiger partial charge in [0.05, 0.1) is 5.56 Å². The van der Waals surface area contributed by atoms with Gasteiger partial charge in [-0.05, 0) is 49.8 Å². The minimum atomic E-state index is -0.602. The second kappa shape index (κ2) is 6.04. The van der Waals surface area contributed by atoms with Crippen LogP contribution in [0.25, 0.3) is 0 Å². The van der Waals surface area contributed by atoms with Crippen molar-refractivity contribution >= 4 is 11.7 Å². The molecule has 0 bridgehead atoms. The molecule has 3 nitrogen and oxygen atoms in total. The number of esters is 1. The predicted octanol–water partition coefficient (Wildman–Crippen LogP) is 3.53. The Kier molecular flexibility index (Phi) is 4.40. The van der Waals surface area contributed by atoms with E-state index >= 15 is 0 Å². The number of carbonyl (C=O) groups excluding carboxylic acids is 1. The van der Waals surface area contributed by atoms with Crippen molar-refractivity contribution < 1.29 is 13.9 Å². The van der Waals surface area contributed by atoms with Crippen LogP contribution < -0.4 is 5.73 Å². The molecule has 1 aliphatic carbocycles. The summed E-state index contributed by atoms with van der Waals surface area (Å²) in [6.07, 6.45) is 5.08. The van der Waals surface area contributed by atoms with Crippen molar-refractivity contribution in [3.05, 3.63) is 29.6 Å². The summed E-state index contributed by atoms with van der Waals surface area (Å²) in [5.74, 6) is -0.792. The van der Waals surface area contributed by atoms with Crippen molar-refractivity contribution in [3.8, 4) is 0 Å². The van der Waals surface area contributed by atoms with Crippen LogP contribution in [0, 0.1) is 11.7 Å². The molecule has 0 saturated heterocycles. The molecule has 1 aromatic rings. The van der Waals surface area contributed by atoms with Crippen LogP contribution in [0.3, 0.4) is 0 Å². The zero-order chi connectivity index (χ0) is 13.8. The lowest BCUT2D eigenvalue weighted by molar-refractivity contribution is 0.000284. The highest BCUT2D eigenvalue weighted by Crippen LogP contribution is 2.30. The number of nitrogens with two attached hydrogens (primary N) is 1. The number of halogens is 1. The van der Waals surface area contributed by atoms with E-state index < -0.39 is 11.8 Å². The van der Waals surface area contributed by atoms with Gasteiger partial charge in [-0.3, -0.25) is 0 Å². The number of rotatable bonds is 3. The summed E-state index contributed by atoms with van der Waals surface area (Å²) in [7, 11) is 0. The monoisotopic (exact) mass is 265 g/mol. The molecule has 4 heteroatoms. The van der Waals surface area contributed by atoms with Gasteiger partial charge in [0.15, 0.2) is 0 Å². The van der Waals surface area contributed by atoms with Crippen LogP contribution in [0.2, 0.25) is 0 Å². The van der Waals surface area contributed by atoms with Crippen LogP contribution in [-0.2, 0) is 4.74 Å². The quantitative estimate of drug-likeness (QED) is 0.672. The van der Waals surface area contributed by atoms with Gasteiger partial charge in [0.2, 0.25) is 0 Å². The average molecular weight is 265 g/mol. The van der Waals surface area contributed by atoms with Gasteiger partial charge in [0, 0.05) is 5.69 Å². The smallest absolute Gasteiger partial charge is 0.341 e. The van der Waals surface area contributed by atoms with Gasteiger partial charge in [-0.1, -0.05) is 13.3 Å². The highest BCUT2D eigenvalue weighted by molar-refractivity contribution is 5.90. The maximum atomic E-state index is 13.6. The Balaban J connectivity index is 2.09. The van der Waals surface area contributed by atoms with Gasteiger partial charge < -0.3 is 10.5 Å². The van der Waals surface area contributed by atoms with E-state index in [2.05, 4.69) is 6.92 Å². The van der Waals surface area contributed by atoms with Crippen LogP contribution in [0.15, 0.2) is 18.2 Å². The zero-order valence-electron chi connectivity index (χ0n) is 11.2. The summed E-state index contributed by atoms with van der Waals surface area (Å²) in [5.41, 5.74) is 5.87. The van der Waals surface area contributed by atoms with Gasteiger partial charge in [-0.25, -0.2) is 9.18 Å². The molecule has 0 aliphatic heterocycles. The average Bonchev–Trinajstić information content (AvgIpc) is 2.42. The summed E-state index contributed by atoms with van der Waals surface area (Å²) >= 11 is 0. The fraction of sp³-hybridized carbons (Fsp3) is 0.533. The van der Waals surface area contributed by atoms with Gasteiger partial charge in [-0.15, -0.1) is 0 Å². The lowest BCUT2D eigenvalue weighted by atomic mass is 9.85. The Morgan fingerprint density at radius 2 is 2.16 bits per heavy atom. The van der Waals surface area contributed by atoms with Crippen LogP contribution in [0.5, 0.6) is 0 Å². The summed E-state index contributed by atoms with van der Waals surface area (Å²) in [6.45, 7) is 2.10. The summed E-state index contributed by atoms with van der Waals surface area (Å²) < 4.78 is 19.1. The molecule has 0 heterocycles. The van der Waals surface area contributed by atoms with E-state index in [9.17, 15) is 9.18 Å². The Bertz CT molecular complexity index is 461. The number of hydrogen-bond donors (Lipinski definition) is 1. The van der Waals surface area contributed by atoms with Crippen molar-refractivity contribution in [3.63, 3.8) is 0 Å². The molecule has 0 spiro atoms. The first kappa shape index (κ1) is 13.8.